The second-order valence-corrected chi connectivity index (χ2v) is 5.67. The molecule has 1 aliphatic heterocycles. The van der Waals surface area contributed by atoms with Gasteiger partial charge in [-0.1, -0.05) is 24.3 Å². The van der Waals surface area contributed by atoms with E-state index in [1.54, 1.807) is 4.90 Å². The SMILES string of the molecule is O=C(O)CCNC(=O)N1Cc2ccccc2C2(CC2)C1. The van der Waals surface area contributed by atoms with E-state index in [0.717, 1.165) is 19.4 Å². The van der Waals surface area contributed by atoms with Gasteiger partial charge in [-0.15, -0.1) is 0 Å². The highest BCUT2D eigenvalue weighted by Crippen LogP contribution is 2.52. The first kappa shape index (κ1) is 13.0. The van der Waals surface area contributed by atoms with Crippen molar-refractivity contribution in [2.24, 2.45) is 0 Å². The second-order valence-electron chi connectivity index (χ2n) is 5.67. The van der Waals surface area contributed by atoms with Gasteiger partial charge in [0.25, 0.3) is 0 Å². The molecule has 0 aromatic heterocycles. The molecule has 1 aliphatic carbocycles. The van der Waals surface area contributed by atoms with Gasteiger partial charge in [0.1, 0.15) is 0 Å². The Hall–Kier alpha value is -2.04. The standard InChI is InChI=1S/C15H18N2O3/c18-13(19)5-8-16-14(20)17-9-11-3-1-2-4-12(11)15(10-17)6-7-15/h1-4H,5-10H2,(H,16,20)(H,18,19). The van der Waals surface area contributed by atoms with E-state index >= 15 is 0 Å². The summed E-state index contributed by atoms with van der Waals surface area (Å²) < 4.78 is 0. The number of aliphatic carboxylic acids is 1. The van der Waals surface area contributed by atoms with Crippen LogP contribution in [0.5, 0.6) is 0 Å². The molecule has 1 spiro atoms. The fourth-order valence-corrected chi connectivity index (χ4v) is 3.00. The van der Waals surface area contributed by atoms with Gasteiger partial charge >= 0.3 is 12.0 Å². The fraction of sp³-hybridized carbons (Fsp3) is 0.467. The Kier molecular flexibility index (Phi) is 3.12. The number of carboxylic acids is 1. The summed E-state index contributed by atoms with van der Waals surface area (Å²) in [6.07, 6.45) is 2.22. The molecule has 0 unspecified atom stereocenters. The summed E-state index contributed by atoms with van der Waals surface area (Å²) in [4.78, 5) is 24.4. The average Bonchev–Trinajstić information content (AvgIpc) is 3.18. The lowest BCUT2D eigenvalue weighted by Gasteiger charge is -2.35. The van der Waals surface area contributed by atoms with Crippen LogP contribution in [0, 0.1) is 0 Å². The second kappa shape index (κ2) is 4.81. The first-order valence-electron chi connectivity index (χ1n) is 6.94. The van der Waals surface area contributed by atoms with Crippen LogP contribution in [0.3, 0.4) is 0 Å². The summed E-state index contributed by atoms with van der Waals surface area (Å²) in [5.41, 5.74) is 2.75. The van der Waals surface area contributed by atoms with Gasteiger partial charge < -0.3 is 15.3 Å². The number of fused-ring (bicyclic) bond motifs is 2. The van der Waals surface area contributed by atoms with Crippen molar-refractivity contribution in [1.82, 2.24) is 10.2 Å². The molecule has 1 saturated carbocycles. The summed E-state index contributed by atoms with van der Waals surface area (Å²) in [7, 11) is 0. The fourth-order valence-electron chi connectivity index (χ4n) is 3.00. The molecule has 3 rings (SSSR count). The number of hydrogen-bond donors (Lipinski definition) is 2. The lowest BCUT2D eigenvalue weighted by molar-refractivity contribution is -0.136. The summed E-state index contributed by atoms with van der Waals surface area (Å²) in [5.74, 6) is -0.895. The normalized spacial score (nSPS) is 18.5. The van der Waals surface area contributed by atoms with Crippen molar-refractivity contribution < 1.29 is 14.7 Å². The number of nitrogens with one attached hydrogen (secondary N) is 1. The van der Waals surface area contributed by atoms with E-state index in [0.29, 0.717) is 6.54 Å². The Morgan fingerprint density at radius 1 is 1.30 bits per heavy atom. The van der Waals surface area contributed by atoms with Crippen molar-refractivity contribution in [1.29, 1.82) is 0 Å². The molecule has 5 heteroatoms. The summed E-state index contributed by atoms with van der Waals surface area (Å²) in [6.45, 7) is 1.53. The van der Waals surface area contributed by atoms with E-state index in [4.69, 9.17) is 5.11 Å². The molecule has 1 aromatic carbocycles. The number of carbonyl (C=O) groups excluding carboxylic acids is 1. The van der Waals surface area contributed by atoms with Crippen LogP contribution in [0.2, 0.25) is 0 Å². The van der Waals surface area contributed by atoms with Crippen molar-refractivity contribution in [3.8, 4) is 0 Å². The molecular weight excluding hydrogens is 256 g/mol. The van der Waals surface area contributed by atoms with E-state index in [9.17, 15) is 9.59 Å². The van der Waals surface area contributed by atoms with Crippen molar-refractivity contribution in [3.63, 3.8) is 0 Å². The van der Waals surface area contributed by atoms with Gasteiger partial charge in [0, 0.05) is 25.0 Å². The summed E-state index contributed by atoms with van der Waals surface area (Å²) >= 11 is 0. The number of carbonyl (C=O) groups is 2. The van der Waals surface area contributed by atoms with Gasteiger partial charge in [0.15, 0.2) is 0 Å². The van der Waals surface area contributed by atoms with E-state index in [2.05, 4.69) is 23.5 Å². The molecule has 1 aromatic rings. The van der Waals surface area contributed by atoms with Crippen LogP contribution < -0.4 is 5.32 Å². The molecule has 0 saturated heterocycles. The zero-order valence-electron chi connectivity index (χ0n) is 11.3. The zero-order valence-corrected chi connectivity index (χ0v) is 11.3. The van der Waals surface area contributed by atoms with Gasteiger partial charge in [-0.3, -0.25) is 4.79 Å². The molecule has 0 bridgehead atoms. The van der Waals surface area contributed by atoms with Crippen molar-refractivity contribution in [2.45, 2.75) is 31.2 Å². The Labute approximate surface area is 117 Å². The Morgan fingerprint density at radius 3 is 2.75 bits per heavy atom. The number of rotatable bonds is 3. The molecule has 0 radical (unpaired) electrons. The number of carboxylic acid groups (broad SMARTS) is 1. The Bertz CT molecular complexity index is 552. The van der Waals surface area contributed by atoms with Crippen LogP contribution in [0.15, 0.2) is 24.3 Å². The van der Waals surface area contributed by atoms with E-state index < -0.39 is 5.97 Å². The van der Waals surface area contributed by atoms with Crippen molar-refractivity contribution in [3.05, 3.63) is 35.4 Å². The molecule has 20 heavy (non-hydrogen) atoms. The van der Waals surface area contributed by atoms with Crippen molar-refractivity contribution >= 4 is 12.0 Å². The third-order valence-electron chi connectivity index (χ3n) is 4.20. The highest BCUT2D eigenvalue weighted by atomic mass is 16.4. The largest absolute Gasteiger partial charge is 0.481 e. The monoisotopic (exact) mass is 274 g/mol. The predicted octanol–water partition coefficient (Wildman–Crippen LogP) is 1.72. The Morgan fingerprint density at radius 2 is 2.05 bits per heavy atom. The molecule has 5 nitrogen and oxygen atoms in total. The van der Waals surface area contributed by atoms with Crippen LogP contribution in [-0.4, -0.2) is 35.1 Å². The van der Waals surface area contributed by atoms with Crippen LogP contribution in [0.1, 0.15) is 30.4 Å². The molecule has 106 valence electrons. The first-order valence-corrected chi connectivity index (χ1v) is 6.94. The minimum atomic E-state index is -0.895. The molecule has 2 N–H and O–H groups in total. The minimum absolute atomic E-state index is 0.0404. The van der Waals surface area contributed by atoms with Crippen LogP contribution in [0.4, 0.5) is 4.79 Å². The van der Waals surface area contributed by atoms with Gasteiger partial charge in [-0.05, 0) is 24.0 Å². The van der Waals surface area contributed by atoms with Gasteiger partial charge in [-0.25, -0.2) is 4.79 Å². The quantitative estimate of drug-likeness (QED) is 0.881. The van der Waals surface area contributed by atoms with Gasteiger partial charge in [0.2, 0.25) is 0 Å². The van der Waals surface area contributed by atoms with E-state index in [-0.39, 0.29) is 24.4 Å². The highest BCUT2D eigenvalue weighted by molar-refractivity contribution is 5.76. The first-order chi connectivity index (χ1) is 9.61. The van der Waals surface area contributed by atoms with Gasteiger partial charge in [0.05, 0.1) is 6.42 Å². The number of hydrogen-bond acceptors (Lipinski definition) is 2. The topological polar surface area (TPSA) is 69.6 Å². The van der Waals surface area contributed by atoms with E-state index in [1.807, 2.05) is 6.07 Å². The molecule has 0 atom stereocenters. The number of nitrogens with zero attached hydrogens (tertiary/aromatic N) is 1. The summed E-state index contributed by atoms with van der Waals surface area (Å²) in [5, 5.41) is 11.3. The van der Waals surface area contributed by atoms with Crippen LogP contribution >= 0.6 is 0 Å². The van der Waals surface area contributed by atoms with Crippen LogP contribution in [0.25, 0.3) is 0 Å². The third kappa shape index (κ3) is 2.35. The Balaban J connectivity index is 1.68. The minimum Gasteiger partial charge on any atom is -0.481 e. The molecule has 1 heterocycles. The molecule has 1 fully saturated rings. The highest BCUT2D eigenvalue weighted by Gasteiger charge is 2.49. The average molecular weight is 274 g/mol. The molecule has 2 aliphatic rings. The van der Waals surface area contributed by atoms with Crippen molar-refractivity contribution in [2.75, 3.05) is 13.1 Å². The molecular formula is C15H18N2O3. The predicted molar refractivity (Wildman–Crippen MR) is 73.4 cm³/mol. The van der Waals surface area contributed by atoms with E-state index in [1.165, 1.54) is 11.1 Å². The third-order valence-corrected chi connectivity index (χ3v) is 4.20. The molecule has 2 amide bonds. The lowest BCUT2D eigenvalue weighted by Crippen LogP contribution is -2.46. The lowest BCUT2D eigenvalue weighted by atomic mass is 9.87. The smallest absolute Gasteiger partial charge is 0.317 e. The van der Waals surface area contributed by atoms with Crippen LogP contribution in [-0.2, 0) is 16.8 Å². The maximum absolute atomic E-state index is 12.1. The summed E-state index contributed by atoms with van der Waals surface area (Å²) in [6, 6.07) is 8.14. The van der Waals surface area contributed by atoms with Gasteiger partial charge in [-0.2, -0.15) is 0 Å². The maximum atomic E-state index is 12.1. The zero-order chi connectivity index (χ0) is 14.2. The number of benzene rings is 1. The number of amides is 2. The maximum Gasteiger partial charge on any atom is 0.317 e. The number of urea groups is 1.